The Bertz CT molecular complexity index is 528. The Morgan fingerprint density at radius 2 is 1.90 bits per heavy atom. The molecule has 0 amide bonds. The van der Waals surface area contributed by atoms with Crippen molar-refractivity contribution in [1.82, 2.24) is 9.97 Å². The molecule has 2 heterocycles. The average Bonchev–Trinajstić information content (AvgIpc) is 2.23. The smallest absolute Gasteiger partial charge is 0.329 e. The van der Waals surface area contributed by atoms with Crippen molar-refractivity contribution >= 4 is 17.5 Å². The lowest BCUT2D eigenvalue weighted by Gasteiger charge is -2.47. The zero-order valence-electron chi connectivity index (χ0n) is 12.1. The van der Waals surface area contributed by atoms with E-state index in [2.05, 4.69) is 9.97 Å². The molecule has 0 aliphatic carbocycles. The first-order chi connectivity index (χ1) is 9.10. The van der Waals surface area contributed by atoms with Crippen LogP contribution in [0.4, 0.5) is 17.5 Å². The number of nitrogen functional groups attached to an aromatic ring is 1. The van der Waals surface area contributed by atoms with E-state index in [1.165, 1.54) is 0 Å². The Hall–Kier alpha value is -1.96. The number of anilines is 2. The van der Waals surface area contributed by atoms with Crippen LogP contribution in [0, 0.1) is 10.1 Å². The van der Waals surface area contributed by atoms with Gasteiger partial charge in [0.05, 0.1) is 16.1 Å². The van der Waals surface area contributed by atoms with Gasteiger partial charge in [-0.15, -0.1) is 0 Å². The molecule has 110 valence electrons. The second-order valence-electron chi connectivity index (χ2n) is 6.18. The number of ether oxygens (including phenoxy) is 1. The van der Waals surface area contributed by atoms with Crippen molar-refractivity contribution in [3.05, 3.63) is 16.3 Å². The third kappa shape index (κ3) is 2.96. The summed E-state index contributed by atoms with van der Waals surface area (Å²) in [5, 5.41) is 10.7. The fourth-order valence-corrected chi connectivity index (χ4v) is 2.60. The van der Waals surface area contributed by atoms with E-state index in [1.54, 1.807) is 0 Å². The maximum Gasteiger partial charge on any atom is 0.329 e. The van der Waals surface area contributed by atoms with Crippen molar-refractivity contribution in [2.45, 2.75) is 38.9 Å². The second-order valence-corrected chi connectivity index (χ2v) is 6.18. The topological polar surface area (TPSA) is 107 Å². The predicted molar refractivity (Wildman–Crippen MR) is 74.6 cm³/mol. The minimum atomic E-state index is -0.591. The van der Waals surface area contributed by atoms with Crippen molar-refractivity contribution < 1.29 is 9.66 Å². The molecule has 0 aromatic carbocycles. The molecule has 1 aliphatic heterocycles. The molecular formula is C12H19N5O3. The summed E-state index contributed by atoms with van der Waals surface area (Å²) in [4.78, 5) is 20.2. The predicted octanol–water partition coefficient (Wildman–Crippen LogP) is 1.36. The minimum Gasteiger partial charge on any atom is -0.378 e. The van der Waals surface area contributed by atoms with Gasteiger partial charge >= 0.3 is 5.69 Å². The summed E-state index contributed by atoms with van der Waals surface area (Å²) >= 11 is 0. The highest BCUT2D eigenvalue weighted by molar-refractivity contribution is 5.54. The Labute approximate surface area is 117 Å². The van der Waals surface area contributed by atoms with Crippen molar-refractivity contribution in [1.29, 1.82) is 0 Å². The van der Waals surface area contributed by atoms with Gasteiger partial charge in [0.2, 0.25) is 11.8 Å². The standard InChI is InChI=1S/C12H19N5O3/c1-11(2)6-16(7-12(3,4)20-11)10-14-5-8(17(18)19)9(13)15-10/h5H,6-7H2,1-4H3,(H2,13,14,15). The lowest BCUT2D eigenvalue weighted by Crippen LogP contribution is -2.57. The van der Waals surface area contributed by atoms with Crippen molar-refractivity contribution in [2.75, 3.05) is 23.7 Å². The van der Waals surface area contributed by atoms with Crippen LogP contribution in [-0.2, 0) is 4.74 Å². The van der Waals surface area contributed by atoms with E-state index in [-0.39, 0.29) is 22.7 Å². The zero-order valence-corrected chi connectivity index (χ0v) is 12.1. The van der Waals surface area contributed by atoms with Gasteiger partial charge in [-0.3, -0.25) is 10.1 Å². The van der Waals surface area contributed by atoms with Gasteiger partial charge in [-0.25, -0.2) is 4.98 Å². The van der Waals surface area contributed by atoms with Crippen LogP contribution < -0.4 is 10.6 Å². The van der Waals surface area contributed by atoms with Crippen LogP contribution in [0.15, 0.2) is 6.20 Å². The third-order valence-electron chi connectivity index (χ3n) is 2.96. The molecule has 0 spiro atoms. The number of hydrogen-bond donors (Lipinski definition) is 1. The Balaban J connectivity index is 2.32. The molecule has 1 aromatic rings. The number of rotatable bonds is 2. The molecule has 0 saturated carbocycles. The van der Waals surface area contributed by atoms with Crippen LogP contribution in [0.5, 0.6) is 0 Å². The maximum atomic E-state index is 10.7. The summed E-state index contributed by atoms with van der Waals surface area (Å²) in [5.41, 5.74) is 4.62. The van der Waals surface area contributed by atoms with Crippen LogP contribution in [0.1, 0.15) is 27.7 Å². The van der Waals surface area contributed by atoms with Gasteiger partial charge in [-0.2, -0.15) is 4.98 Å². The van der Waals surface area contributed by atoms with E-state index >= 15 is 0 Å². The Kier molecular flexibility index (Phi) is 3.29. The lowest BCUT2D eigenvalue weighted by atomic mass is 9.99. The van der Waals surface area contributed by atoms with Gasteiger partial charge in [0.25, 0.3) is 0 Å². The third-order valence-corrected chi connectivity index (χ3v) is 2.96. The zero-order chi connectivity index (χ0) is 15.1. The molecule has 1 saturated heterocycles. The molecule has 1 fully saturated rings. The van der Waals surface area contributed by atoms with Crippen molar-refractivity contribution in [2.24, 2.45) is 0 Å². The van der Waals surface area contributed by atoms with Crippen LogP contribution in [0.3, 0.4) is 0 Å². The Morgan fingerprint density at radius 1 is 1.35 bits per heavy atom. The summed E-state index contributed by atoms with van der Waals surface area (Å²) in [5.74, 6) is 0.264. The fraction of sp³-hybridized carbons (Fsp3) is 0.667. The monoisotopic (exact) mass is 281 g/mol. The fourth-order valence-electron chi connectivity index (χ4n) is 2.60. The minimum absolute atomic E-state index is 0.123. The summed E-state index contributed by atoms with van der Waals surface area (Å²) < 4.78 is 5.97. The summed E-state index contributed by atoms with van der Waals surface area (Å²) in [6, 6.07) is 0. The Morgan fingerprint density at radius 3 is 2.35 bits per heavy atom. The quantitative estimate of drug-likeness (QED) is 0.644. The first-order valence-electron chi connectivity index (χ1n) is 6.32. The molecule has 1 aliphatic rings. The summed E-state index contributed by atoms with van der Waals surface area (Å²) in [6.07, 6.45) is 1.15. The van der Waals surface area contributed by atoms with Gasteiger partial charge in [0.1, 0.15) is 6.20 Å². The number of nitrogens with two attached hydrogens (primary N) is 1. The molecule has 8 nitrogen and oxygen atoms in total. The van der Waals surface area contributed by atoms with E-state index in [4.69, 9.17) is 10.5 Å². The molecule has 0 bridgehead atoms. The van der Waals surface area contributed by atoms with Gasteiger partial charge in [0.15, 0.2) is 0 Å². The number of hydrogen-bond acceptors (Lipinski definition) is 7. The van der Waals surface area contributed by atoms with Gasteiger partial charge < -0.3 is 15.4 Å². The molecule has 2 N–H and O–H groups in total. The molecule has 8 heteroatoms. The van der Waals surface area contributed by atoms with Gasteiger partial charge in [0, 0.05) is 13.1 Å². The number of morpholine rings is 1. The highest BCUT2D eigenvalue weighted by Gasteiger charge is 2.39. The van der Waals surface area contributed by atoms with E-state index in [1.807, 2.05) is 32.6 Å². The lowest BCUT2D eigenvalue weighted by molar-refractivity contribution is -0.384. The van der Waals surface area contributed by atoms with Crippen molar-refractivity contribution in [3.63, 3.8) is 0 Å². The number of aromatic nitrogens is 2. The maximum absolute atomic E-state index is 10.7. The molecule has 20 heavy (non-hydrogen) atoms. The van der Waals surface area contributed by atoms with E-state index in [0.29, 0.717) is 19.0 Å². The normalized spacial score (nSPS) is 20.7. The first kappa shape index (κ1) is 14.4. The average molecular weight is 281 g/mol. The molecule has 0 radical (unpaired) electrons. The molecule has 1 aromatic heterocycles. The number of nitrogens with zero attached hydrogens (tertiary/aromatic N) is 4. The molecule has 2 rings (SSSR count). The van der Waals surface area contributed by atoms with E-state index in [9.17, 15) is 10.1 Å². The molecule has 0 atom stereocenters. The highest BCUT2D eigenvalue weighted by atomic mass is 16.6. The molecular weight excluding hydrogens is 262 g/mol. The summed E-state index contributed by atoms with van der Waals surface area (Å²) in [7, 11) is 0. The van der Waals surface area contributed by atoms with Crippen molar-refractivity contribution in [3.8, 4) is 0 Å². The summed E-state index contributed by atoms with van der Waals surface area (Å²) in [6.45, 7) is 9.11. The second kappa shape index (κ2) is 4.55. The van der Waals surface area contributed by atoms with Crippen LogP contribution in [0.25, 0.3) is 0 Å². The molecule has 0 unspecified atom stereocenters. The van der Waals surface area contributed by atoms with Crippen LogP contribution in [-0.4, -0.2) is 39.2 Å². The first-order valence-corrected chi connectivity index (χ1v) is 6.32. The van der Waals surface area contributed by atoms with Crippen LogP contribution in [0.2, 0.25) is 0 Å². The highest BCUT2D eigenvalue weighted by Crippen LogP contribution is 2.31. The largest absolute Gasteiger partial charge is 0.378 e. The van der Waals surface area contributed by atoms with Gasteiger partial charge in [-0.05, 0) is 27.7 Å². The van der Waals surface area contributed by atoms with Gasteiger partial charge in [-0.1, -0.05) is 0 Å². The van der Waals surface area contributed by atoms with E-state index in [0.717, 1.165) is 6.20 Å². The van der Waals surface area contributed by atoms with Crippen LogP contribution >= 0.6 is 0 Å². The number of nitro groups is 1. The SMILES string of the molecule is CC1(C)CN(c2ncc([N+](=O)[O-])c(N)n2)CC(C)(C)O1. The van der Waals surface area contributed by atoms with E-state index < -0.39 is 4.92 Å².